The highest BCUT2D eigenvalue weighted by Gasteiger charge is 2.16. The second-order valence-corrected chi connectivity index (χ2v) is 6.46. The highest BCUT2D eigenvalue weighted by atomic mass is 35.5. The molecule has 3 aromatic carbocycles. The minimum absolute atomic E-state index is 0.290. The normalized spacial score (nSPS) is 10.8. The molecule has 0 aliphatic heterocycles. The van der Waals surface area contributed by atoms with Crippen LogP contribution in [0, 0.1) is 0 Å². The Morgan fingerprint density at radius 3 is 1.93 bits per heavy atom. The number of benzene rings is 3. The van der Waals surface area contributed by atoms with E-state index in [1.165, 1.54) is 12.3 Å². The van der Waals surface area contributed by atoms with E-state index >= 15 is 0 Å². The standard InChI is InChI=1S/C23H20ClNO3/c24-20-13-19(21(26)11-12-25)22(27-15-17-7-3-1-4-8-17)14-23(20)28-16-18-9-5-2-6-10-18/h1-14H,15-16,25H2/b12-11+. The summed E-state index contributed by atoms with van der Waals surface area (Å²) >= 11 is 6.34. The van der Waals surface area contributed by atoms with Crippen LogP contribution in [0.15, 0.2) is 85.1 Å². The molecule has 3 aromatic rings. The van der Waals surface area contributed by atoms with Crippen LogP contribution in [0.1, 0.15) is 21.5 Å². The first-order chi connectivity index (χ1) is 13.7. The molecule has 0 atom stereocenters. The molecule has 0 unspecified atom stereocenters. The molecule has 0 amide bonds. The molecule has 0 aromatic heterocycles. The van der Waals surface area contributed by atoms with E-state index in [1.807, 2.05) is 60.7 Å². The van der Waals surface area contributed by atoms with Gasteiger partial charge in [0.1, 0.15) is 24.7 Å². The van der Waals surface area contributed by atoms with E-state index in [0.29, 0.717) is 35.3 Å². The Balaban J connectivity index is 1.85. The molecule has 0 saturated carbocycles. The third-order valence-corrected chi connectivity index (χ3v) is 4.32. The average Bonchev–Trinajstić information content (AvgIpc) is 2.73. The first kappa shape index (κ1) is 19.5. The monoisotopic (exact) mass is 393 g/mol. The fourth-order valence-electron chi connectivity index (χ4n) is 2.61. The van der Waals surface area contributed by atoms with Crippen LogP contribution < -0.4 is 15.2 Å². The van der Waals surface area contributed by atoms with Crippen molar-refractivity contribution in [2.45, 2.75) is 13.2 Å². The zero-order valence-electron chi connectivity index (χ0n) is 15.2. The molecule has 0 aliphatic rings. The van der Waals surface area contributed by atoms with Crippen molar-refractivity contribution < 1.29 is 14.3 Å². The molecule has 0 bridgehead atoms. The number of nitrogens with two attached hydrogens (primary N) is 1. The predicted octanol–water partition coefficient (Wildman–Crippen LogP) is 5.15. The fraction of sp³-hybridized carbons (Fsp3) is 0.0870. The minimum atomic E-state index is -0.290. The number of carbonyl (C=O) groups is 1. The number of halogens is 1. The van der Waals surface area contributed by atoms with E-state index in [0.717, 1.165) is 11.1 Å². The van der Waals surface area contributed by atoms with Crippen LogP contribution in [0.25, 0.3) is 0 Å². The van der Waals surface area contributed by atoms with Gasteiger partial charge < -0.3 is 15.2 Å². The van der Waals surface area contributed by atoms with Crippen molar-refractivity contribution in [2.75, 3.05) is 0 Å². The zero-order chi connectivity index (χ0) is 19.8. The number of rotatable bonds is 8. The largest absolute Gasteiger partial charge is 0.488 e. The van der Waals surface area contributed by atoms with Crippen molar-refractivity contribution in [2.24, 2.45) is 5.73 Å². The van der Waals surface area contributed by atoms with Crippen LogP contribution in [0.2, 0.25) is 5.02 Å². The second kappa shape index (κ2) is 9.62. The predicted molar refractivity (Wildman–Crippen MR) is 111 cm³/mol. The van der Waals surface area contributed by atoms with Crippen LogP contribution in [0.5, 0.6) is 11.5 Å². The number of hydrogen-bond donors (Lipinski definition) is 1. The lowest BCUT2D eigenvalue weighted by Crippen LogP contribution is -2.05. The average molecular weight is 394 g/mol. The fourth-order valence-corrected chi connectivity index (χ4v) is 2.82. The summed E-state index contributed by atoms with van der Waals surface area (Å²) in [6.45, 7) is 0.669. The van der Waals surface area contributed by atoms with Crippen LogP contribution >= 0.6 is 11.6 Å². The number of carbonyl (C=O) groups excluding carboxylic acids is 1. The van der Waals surface area contributed by atoms with E-state index in [2.05, 4.69) is 0 Å². The lowest BCUT2D eigenvalue weighted by atomic mass is 10.1. The van der Waals surface area contributed by atoms with Crippen LogP contribution in [-0.4, -0.2) is 5.78 Å². The van der Waals surface area contributed by atoms with Crippen LogP contribution in [0.4, 0.5) is 0 Å². The molecule has 5 heteroatoms. The Hall–Kier alpha value is -3.24. The molecule has 28 heavy (non-hydrogen) atoms. The minimum Gasteiger partial charge on any atom is -0.488 e. The summed E-state index contributed by atoms with van der Waals surface area (Å²) < 4.78 is 11.7. The number of allylic oxidation sites excluding steroid dienone is 1. The van der Waals surface area contributed by atoms with Crippen LogP contribution in [-0.2, 0) is 13.2 Å². The molecule has 4 nitrogen and oxygen atoms in total. The second-order valence-electron chi connectivity index (χ2n) is 6.05. The van der Waals surface area contributed by atoms with Crippen molar-refractivity contribution in [3.05, 3.63) is 107 Å². The molecule has 0 radical (unpaired) electrons. The molecule has 0 fully saturated rings. The van der Waals surface area contributed by atoms with Gasteiger partial charge in [-0.1, -0.05) is 72.3 Å². The maximum atomic E-state index is 12.4. The Kier molecular flexibility index (Phi) is 6.71. The third-order valence-electron chi connectivity index (χ3n) is 4.02. The number of ketones is 1. The number of hydrogen-bond acceptors (Lipinski definition) is 4. The third kappa shape index (κ3) is 5.15. The zero-order valence-corrected chi connectivity index (χ0v) is 15.9. The molecule has 142 valence electrons. The summed E-state index contributed by atoms with van der Waals surface area (Å²) in [5.41, 5.74) is 7.68. The molecule has 2 N–H and O–H groups in total. The van der Waals surface area contributed by atoms with Gasteiger partial charge in [-0.3, -0.25) is 4.79 Å². The molecule has 0 saturated heterocycles. The van der Waals surface area contributed by atoms with E-state index in [-0.39, 0.29) is 5.78 Å². The van der Waals surface area contributed by atoms with E-state index in [9.17, 15) is 4.79 Å². The first-order valence-electron chi connectivity index (χ1n) is 8.77. The molecule has 0 aliphatic carbocycles. The molecular formula is C23H20ClNO3. The molecule has 3 rings (SSSR count). The van der Waals surface area contributed by atoms with Crippen molar-refractivity contribution >= 4 is 17.4 Å². The van der Waals surface area contributed by atoms with Crippen molar-refractivity contribution in [1.29, 1.82) is 0 Å². The lowest BCUT2D eigenvalue weighted by molar-refractivity contribution is 0.104. The van der Waals surface area contributed by atoms with Gasteiger partial charge in [-0.2, -0.15) is 0 Å². The lowest BCUT2D eigenvalue weighted by Gasteiger charge is -2.14. The van der Waals surface area contributed by atoms with Gasteiger partial charge in [-0.15, -0.1) is 0 Å². The quantitative estimate of drug-likeness (QED) is 0.424. The smallest absolute Gasteiger partial charge is 0.191 e. The summed E-state index contributed by atoms with van der Waals surface area (Å²) in [7, 11) is 0. The molecule has 0 spiro atoms. The van der Waals surface area contributed by atoms with Gasteiger partial charge in [0.2, 0.25) is 0 Å². The van der Waals surface area contributed by atoms with Crippen molar-refractivity contribution in [3.63, 3.8) is 0 Å². The van der Waals surface area contributed by atoms with E-state index in [1.54, 1.807) is 12.1 Å². The Bertz CT molecular complexity index is 956. The SMILES string of the molecule is N/C=C/C(=O)c1cc(Cl)c(OCc2ccccc2)cc1OCc1ccccc1. The van der Waals surface area contributed by atoms with Crippen LogP contribution in [0.3, 0.4) is 0 Å². The summed E-state index contributed by atoms with van der Waals surface area (Å²) in [6, 6.07) is 22.6. The maximum absolute atomic E-state index is 12.4. The van der Waals surface area contributed by atoms with Crippen molar-refractivity contribution in [1.82, 2.24) is 0 Å². The van der Waals surface area contributed by atoms with Gasteiger partial charge in [-0.25, -0.2) is 0 Å². The van der Waals surface area contributed by atoms with E-state index in [4.69, 9.17) is 26.8 Å². The van der Waals surface area contributed by atoms with Crippen molar-refractivity contribution in [3.8, 4) is 11.5 Å². The first-order valence-corrected chi connectivity index (χ1v) is 9.15. The van der Waals surface area contributed by atoms with Gasteiger partial charge in [0.25, 0.3) is 0 Å². The van der Waals surface area contributed by atoms with Gasteiger partial charge in [-0.05, 0) is 23.4 Å². The molecular weight excluding hydrogens is 374 g/mol. The topological polar surface area (TPSA) is 61.6 Å². The van der Waals surface area contributed by atoms with Gasteiger partial charge >= 0.3 is 0 Å². The highest BCUT2D eigenvalue weighted by Crippen LogP contribution is 2.34. The Morgan fingerprint density at radius 2 is 1.39 bits per heavy atom. The van der Waals surface area contributed by atoms with E-state index < -0.39 is 0 Å². The van der Waals surface area contributed by atoms with Gasteiger partial charge in [0.15, 0.2) is 5.78 Å². The molecule has 0 heterocycles. The Morgan fingerprint density at radius 1 is 0.857 bits per heavy atom. The maximum Gasteiger partial charge on any atom is 0.191 e. The summed E-state index contributed by atoms with van der Waals surface area (Å²) in [5.74, 6) is 0.545. The highest BCUT2D eigenvalue weighted by molar-refractivity contribution is 6.32. The number of ether oxygens (including phenoxy) is 2. The Labute approximate surface area is 169 Å². The van der Waals surface area contributed by atoms with Gasteiger partial charge in [0, 0.05) is 12.1 Å². The summed E-state index contributed by atoms with van der Waals surface area (Å²) in [6.07, 6.45) is 2.46. The summed E-state index contributed by atoms with van der Waals surface area (Å²) in [5, 5.41) is 0.330. The van der Waals surface area contributed by atoms with Gasteiger partial charge in [0.05, 0.1) is 10.6 Å². The summed E-state index contributed by atoms with van der Waals surface area (Å²) in [4.78, 5) is 12.4.